The highest BCUT2D eigenvalue weighted by Crippen LogP contribution is 2.34. The summed E-state index contributed by atoms with van der Waals surface area (Å²) in [5, 5.41) is 0. The van der Waals surface area contributed by atoms with Crippen molar-refractivity contribution in [3.8, 4) is 5.75 Å². The van der Waals surface area contributed by atoms with Crippen LogP contribution in [0.5, 0.6) is 5.75 Å². The molecule has 2 aliphatic rings. The number of hydrogen-bond donors (Lipinski definition) is 0. The molecule has 0 bridgehead atoms. The van der Waals surface area contributed by atoms with E-state index in [9.17, 15) is 9.59 Å². The molecule has 8 heteroatoms. The van der Waals surface area contributed by atoms with Gasteiger partial charge in [-0.05, 0) is 25.5 Å². The van der Waals surface area contributed by atoms with Gasteiger partial charge in [-0.3, -0.25) is 9.59 Å². The Morgan fingerprint density at radius 1 is 1.03 bits per heavy atom. The molecule has 2 saturated heterocycles. The predicted octanol–water partition coefficient (Wildman–Crippen LogP) is 2.50. The highest BCUT2D eigenvalue weighted by Gasteiger charge is 2.54. The molecule has 0 N–H and O–H groups in total. The van der Waals surface area contributed by atoms with E-state index in [2.05, 4.69) is 0 Å². The van der Waals surface area contributed by atoms with Crippen LogP contribution in [0.1, 0.15) is 39.2 Å². The lowest BCUT2D eigenvalue weighted by atomic mass is 9.97. The molecular formula is C21H28O8. The first-order valence-electron chi connectivity index (χ1n) is 9.87. The molecule has 0 aromatic heterocycles. The summed E-state index contributed by atoms with van der Waals surface area (Å²) in [5.74, 6) is -0.507. The summed E-state index contributed by atoms with van der Waals surface area (Å²) in [6.45, 7) is 6.83. The maximum absolute atomic E-state index is 11.8. The summed E-state index contributed by atoms with van der Waals surface area (Å²) in [6, 6.07) is 7.38. The number of benzene rings is 1. The fraction of sp³-hybridized carbons (Fsp3) is 0.619. The molecule has 0 amide bonds. The van der Waals surface area contributed by atoms with Gasteiger partial charge in [0.05, 0.1) is 6.61 Å². The highest BCUT2D eigenvalue weighted by atomic mass is 16.8. The maximum Gasteiger partial charge on any atom is 0.303 e. The van der Waals surface area contributed by atoms with Crippen molar-refractivity contribution in [3.63, 3.8) is 0 Å². The van der Waals surface area contributed by atoms with Gasteiger partial charge in [-0.1, -0.05) is 31.0 Å². The lowest BCUT2D eigenvalue weighted by Crippen LogP contribution is -2.65. The van der Waals surface area contributed by atoms with Crippen LogP contribution in [0.4, 0.5) is 0 Å². The molecule has 2 heterocycles. The van der Waals surface area contributed by atoms with E-state index in [4.69, 9.17) is 28.4 Å². The molecule has 1 aromatic carbocycles. The molecule has 2 aliphatic heterocycles. The van der Waals surface area contributed by atoms with Crippen molar-refractivity contribution in [3.05, 3.63) is 29.8 Å². The van der Waals surface area contributed by atoms with Crippen molar-refractivity contribution in [2.75, 3.05) is 6.61 Å². The zero-order valence-corrected chi connectivity index (χ0v) is 17.2. The van der Waals surface area contributed by atoms with Crippen molar-refractivity contribution >= 4 is 11.9 Å². The second kappa shape index (κ2) is 9.56. The molecule has 6 atom stereocenters. The highest BCUT2D eigenvalue weighted by molar-refractivity contribution is 5.67. The molecule has 0 radical (unpaired) electrons. The van der Waals surface area contributed by atoms with Crippen molar-refractivity contribution in [1.82, 2.24) is 0 Å². The SMILES string of the molecule is CCC[C@@H]1OC[C@H]2O[C@@H](Oc3ccc(C)cc3)[C@H](OC(C)=O)[C@@H](OC(C)=O)[C@@H]2O1. The number of carbonyl (C=O) groups excluding carboxylic acids is 2. The monoisotopic (exact) mass is 408 g/mol. The number of fused-ring (bicyclic) bond motifs is 1. The quantitative estimate of drug-likeness (QED) is 0.664. The van der Waals surface area contributed by atoms with E-state index in [1.807, 2.05) is 26.0 Å². The lowest BCUT2D eigenvalue weighted by Gasteiger charge is -2.47. The first-order chi connectivity index (χ1) is 13.9. The fourth-order valence-electron chi connectivity index (χ4n) is 3.47. The number of carbonyl (C=O) groups is 2. The average molecular weight is 408 g/mol. The number of ether oxygens (including phenoxy) is 6. The van der Waals surface area contributed by atoms with Crippen LogP contribution in [0.2, 0.25) is 0 Å². The van der Waals surface area contributed by atoms with Crippen LogP contribution in [0.25, 0.3) is 0 Å². The largest absolute Gasteiger partial charge is 0.461 e. The molecule has 160 valence electrons. The third kappa shape index (κ3) is 5.46. The summed E-state index contributed by atoms with van der Waals surface area (Å²) < 4.78 is 34.7. The van der Waals surface area contributed by atoms with Gasteiger partial charge in [0, 0.05) is 13.8 Å². The second-order valence-corrected chi connectivity index (χ2v) is 7.27. The Kier molecular flexibility index (Phi) is 7.10. The summed E-state index contributed by atoms with van der Waals surface area (Å²) in [6.07, 6.45) is -2.89. The van der Waals surface area contributed by atoms with E-state index >= 15 is 0 Å². The molecule has 8 nitrogen and oxygen atoms in total. The summed E-state index contributed by atoms with van der Waals surface area (Å²) >= 11 is 0. The average Bonchev–Trinajstić information content (AvgIpc) is 2.66. The summed E-state index contributed by atoms with van der Waals surface area (Å²) in [4.78, 5) is 23.6. The Bertz CT molecular complexity index is 703. The Hall–Kier alpha value is -2.16. The van der Waals surface area contributed by atoms with Gasteiger partial charge >= 0.3 is 11.9 Å². The van der Waals surface area contributed by atoms with E-state index in [0.29, 0.717) is 12.2 Å². The van der Waals surface area contributed by atoms with Crippen LogP contribution in [-0.4, -0.2) is 55.5 Å². The third-order valence-electron chi connectivity index (χ3n) is 4.75. The van der Waals surface area contributed by atoms with Crippen LogP contribution < -0.4 is 4.74 Å². The van der Waals surface area contributed by atoms with Gasteiger partial charge < -0.3 is 28.4 Å². The molecule has 2 fully saturated rings. The zero-order valence-electron chi connectivity index (χ0n) is 17.2. The lowest BCUT2D eigenvalue weighted by molar-refractivity contribution is -0.349. The summed E-state index contributed by atoms with van der Waals surface area (Å²) in [5.41, 5.74) is 1.08. The predicted molar refractivity (Wildman–Crippen MR) is 101 cm³/mol. The van der Waals surface area contributed by atoms with Crippen molar-refractivity contribution in [2.45, 2.75) is 77.5 Å². The molecule has 0 unspecified atom stereocenters. The number of esters is 2. The Morgan fingerprint density at radius 2 is 1.69 bits per heavy atom. The molecule has 3 rings (SSSR count). The van der Waals surface area contributed by atoms with Crippen LogP contribution in [0.15, 0.2) is 24.3 Å². The standard InChI is InChI=1S/C21H28O8/c1-5-6-17-24-11-16-18(29-17)19(25-13(3)22)20(26-14(4)23)21(28-16)27-15-9-7-12(2)8-10-15/h7-10,16-21H,5-6,11H2,1-4H3/t16-,17-,18-,19+,20-,21-/m1/s1. The molecule has 1 aromatic rings. The molecule has 0 aliphatic carbocycles. The van der Waals surface area contributed by atoms with Gasteiger partial charge in [-0.2, -0.15) is 0 Å². The van der Waals surface area contributed by atoms with E-state index in [1.54, 1.807) is 12.1 Å². The smallest absolute Gasteiger partial charge is 0.303 e. The van der Waals surface area contributed by atoms with Gasteiger partial charge in [0.15, 0.2) is 12.4 Å². The Labute approximate surface area is 170 Å². The van der Waals surface area contributed by atoms with Crippen LogP contribution >= 0.6 is 0 Å². The molecule has 0 spiro atoms. The van der Waals surface area contributed by atoms with E-state index < -0.39 is 48.9 Å². The minimum atomic E-state index is -0.987. The number of aryl methyl sites for hydroxylation is 1. The van der Waals surface area contributed by atoms with Gasteiger partial charge in [-0.25, -0.2) is 0 Å². The topological polar surface area (TPSA) is 89.5 Å². The van der Waals surface area contributed by atoms with E-state index in [0.717, 1.165) is 12.0 Å². The van der Waals surface area contributed by atoms with Crippen molar-refractivity contribution < 1.29 is 38.0 Å². The molecular weight excluding hydrogens is 380 g/mol. The van der Waals surface area contributed by atoms with Crippen LogP contribution in [0, 0.1) is 6.92 Å². The fourth-order valence-corrected chi connectivity index (χ4v) is 3.47. The van der Waals surface area contributed by atoms with Crippen molar-refractivity contribution in [2.24, 2.45) is 0 Å². The third-order valence-corrected chi connectivity index (χ3v) is 4.75. The minimum absolute atomic E-state index is 0.258. The zero-order chi connectivity index (χ0) is 21.0. The second-order valence-electron chi connectivity index (χ2n) is 7.27. The first-order valence-corrected chi connectivity index (χ1v) is 9.87. The van der Waals surface area contributed by atoms with Gasteiger partial charge in [0.1, 0.15) is 18.0 Å². The van der Waals surface area contributed by atoms with E-state index in [1.165, 1.54) is 13.8 Å². The first kappa shape index (κ1) is 21.5. The summed E-state index contributed by atoms with van der Waals surface area (Å²) in [7, 11) is 0. The minimum Gasteiger partial charge on any atom is -0.461 e. The van der Waals surface area contributed by atoms with Crippen LogP contribution in [0.3, 0.4) is 0 Å². The van der Waals surface area contributed by atoms with Crippen LogP contribution in [-0.2, 0) is 33.3 Å². The Morgan fingerprint density at radius 3 is 2.31 bits per heavy atom. The molecule has 29 heavy (non-hydrogen) atoms. The maximum atomic E-state index is 11.8. The Balaban J connectivity index is 1.86. The number of hydrogen-bond acceptors (Lipinski definition) is 8. The van der Waals surface area contributed by atoms with Gasteiger partial charge in [0.2, 0.25) is 12.4 Å². The van der Waals surface area contributed by atoms with Crippen molar-refractivity contribution in [1.29, 1.82) is 0 Å². The van der Waals surface area contributed by atoms with Gasteiger partial charge in [-0.15, -0.1) is 0 Å². The van der Waals surface area contributed by atoms with E-state index in [-0.39, 0.29) is 6.61 Å². The van der Waals surface area contributed by atoms with Gasteiger partial charge in [0.25, 0.3) is 0 Å². The normalized spacial score (nSPS) is 31.4. The number of rotatable bonds is 6. The molecule has 0 saturated carbocycles.